The Morgan fingerprint density at radius 2 is 2.13 bits per heavy atom. The van der Waals surface area contributed by atoms with E-state index in [1.54, 1.807) is 34.9 Å². The van der Waals surface area contributed by atoms with Gasteiger partial charge in [-0.2, -0.15) is 5.26 Å². The third kappa shape index (κ3) is 5.63. The second-order valence-corrected chi connectivity index (χ2v) is 7.40. The standard InChI is InChI=1S/C21H19ClN4O4S/c1-2-29-16-6-4-15(5-7-16)25(11-3-10-23)18(27)14-30-19(28)9-8-17-20(22)24-21-26(17)12-13-31-21/h4-9,12-13H,2-3,11,14H2,1H3/b9-8+. The summed E-state index contributed by atoms with van der Waals surface area (Å²) in [5.74, 6) is -0.459. The van der Waals surface area contributed by atoms with E-state index in [0.29, 0.717) is 28.7 Å². The van der Waals surface area contributed by atoms with Gasteiger partial charge in [-0.1, -0.05) is 11.6 Å². The summed E-state index contributed by atoms with van der Waals surface area (Å²) in [7, 11) is 0. The lowest BCUT2D eigenvalue weighted by atomic mass is 10.2. The minimum atomic E-state index is -0.693. The summed E-state index contributed by atoms with van der Waals surface area (Å²) < 4.78 is 12.2. The van der Waals surface area contributed by atoms with Gasteiger partial charge in [0.15, 0.2) is 16.7 Å². The van der Waals surface area contributed by atoms with Crippen LogP contribution in [0.3, 0.4) is 0 Å². The fourth-order valence-electron chi connectivity index (χ4n) is 2.78. The van der Waals surface area contributed by atoms with E-state index in [2.05, 4.69) is 4.98 Å². The van der Waals surface area contributed by atoms with E-state index < -0.39 is 18.5 Å². The minimum Gasteiger partial charge on any atom is -0.494 e. The van der Waals surface area contributed by atoms with E-state index in [4.69, 9.17) is 26.3 Å². The lowest BCUT2D eigenvalue weighted by molar-refractivity contribution is -0.142. The molecule has 0 bridgehead atoms. The van der Waals surface area contributed by atoms with Crippen LogP contribution in [0.4, 0.5) is 5.69 Å². The number of benzene rings is 1. The van der Waals surface area contributed by atoms with Gasteiger partial charge in [-0.25, -0.2) is 9.78 Å². The molecule has 0 N–H and O–H groups in total. The lowest BCUT2D eigenvalue weighted by Crippen LogP contribution is -2.35. The Kier molecular flexibility index (Phi) is 7.65. The molecule has 2 heterocycles. The molecule has 0 radical (unpaired) electrons. The van der Waals surface area contributed by atoms with E-state index in [1.165, 1.54) is 28.4 Å². The van der Waals surface area contributed by atoms with Crippen LogP contribution in [0.5, 0.6) is 5.75 Å². The molecule has 1 amide bonds. The molecule has 2 aromatic heterocycles. The van der Waals surface area contributed by atoms with Gasteiger partial charge in [0.25, 0.3) is 5.91 Å². The number of esters is 1. The maximum Gasteiger partial charge on any atom is 0.331 e. The van der Waals surface area contributed by atoms with Crippen molar-refractivity contribution in [3.05, 3.63) is 52.8 Å². The van der Waals surface area contributed by atoms with Crippen LogP contribution in [0.2, 0.25) is 5.15 Å². The largest absolute Gasteiger partial charge is 0.494 e. The zero-order valence-electron chi connectivity index (χ0n) is 16.7. The second kappa shape index (κ2) is 10.6. The van der Waals surface area contributed by atoms with Gasteiger partial charge < -0.3 is 14.4 Å². The summed E-state index contributed by atoms with van der Waals surface area (Å²) in [5, 5.41) is 11.0. The first kappa shape index (κ1) is 22.3. The predicted octanol–water partition coefficient (Wildman–Crippen LogP) is 3.95. The van der Waals surface area contributed by atoms with Gasteiger partial charge in [-0.15, -0.1) is 11.3 Å². The molecule has 0 aliphatic carbocycles. The van der Waals surface area contributed by atoms with Crippen LogP contribution in [0, 0.1) is 11.3 Å². The molecule has 8 nitrogen and oxygen atoms in total. The van der Waals surface area contributed by atoms with Crippen molar-refractivity contribution >= 4 is 51.5 Å². The van der Waals surface area contributed by atoms with Gasteiger partial charge in [-0.3, -0.25) is 9.20 Å². The average molecular weight is 459 g/mol. The SMILES string of the molecule is CCOc1ccc(N(CCC#N)C(=O)COC(=O)/C=C/c2c(Cl)nc3sccn23)cc1. The Balaban J connectivity index is 1.63. The number of aromatic nitrogens is 2. The molecular formula is C21H19ClN4O4S. The number of carbonyl (C=O) groups is 2. The van der Waals surface area contributed by atoms with E-state index >= 15 is 0 Å². The summed E-state index contributed by atoms with van der Waals surface area (Å²) >= 11 is 7.50. The molecule has 0 fully saturated rings. The molecule has 0 spiro atoms. The normalized spacial score (nSPS) is 10.9. The van der Waals surface area contributed by atoms with Crippen molar-refractivity contribution in [3.8, 4) is 11.8 Å². The highest BCUT2D eigenvalue weighted by molar-refractivity contribution is 7.15. The Morgan fingerprint density at radius 3 is 2.84 bits per heavy atom. The molecule has 0 unspecified atom stereocenters. The predicted molar refractivity (Wildman–Crippen MR) is 118 cm³/mol. The average Bonchev–Trinajstić information content (AvgIpc) is 3.33. The Morgan fingerprint density at radius 1 is 1.35 bits per heavy atom. The fourth-order valence-corrected chi connectivity index (χ4v) is 3.79. The number of thiazole rings is 1. The minimum absolute atomic E-state index is 0.142. The molecule has 160 valence electrons. The van der Waals surface area contributed by atoms with Crippen molar-refractivity contribution in [1.29, 1.82) is 5.26 Å². The van der Waals surface area contributed by atoms with Crippen LogP contribution in [0.15, 0.2) is 41.9 Å². The number of hydrogen-bond acceptors (Lipinski definition) is 7. The van der Waals surface area contributed by atoms with Crippen molar-refractivity contribution in [2.24, 2.45) is 0 Å². The van der Waals surface area contributed by atoms with E-state index in [9.17, 15) is 9.59 Å². The number of nitrogens with zero attached hydrogens (tertiary/aromatic N) is 4. The molecule has 0 atom stereocenters. The van der Waals surface area contributed by atoms with Crippen LogP contribution in [-0.4, -0.2) is 41.0 Å². The van der Waals surface area contributed by atoms with Gasteiger partial charge in [0.2, 0.25) is 0 Å². The summed E-state index contributed by atoms with van der Waals surface area (Å²) in [6.07, 6.45) is 4.61. The van der Waals surface area contributed by atoms with Crippen LogP contribution < -0.4 is 9.64 Å². The van der Waals surface area contributed by atoms with Crippen molar-refractivity contribution in [3.63, 3.8) is 0 Å². The first-order valence-electron chi connectivity index (χ1n) is 9.39. The van der Waals surface area contributed by atoms with Crippen LogP contribution in [-0.2, 0) is 14.3 Å². The Hall–Kier alpha value is -3.35. The highest BCUT2D eigenvalue weighted by atomic mass is 35.5. The zero-order chi connectivity index (χ0) is 22.2. The van der Waals surface area contributed by atoms with Crippen LogP contribution in [0.1, 0.15) is 19.0 Å². The number of rotatable bonds is 9. The third-order valence-electron chi connectivity index (χ3n) is 4.18. The molecule has 10 heteroatoms. The quantitative estimate of drug-likeness (QED) is 0.355. The lowest BCUT2D eigenvalue weighted by Gasteiger charge is -2.21. The Labute approximate surface area is 187 Å². The molecule has 3 rings (SSSR count). The zero-order valence-corrected chi connectivity index (χ0v) is 18.2. The molecule has 0 saturated carbocycles. The molecular weight excluding hydrogens is 440 g/mol. The summed E-state index contributed by atoms with van der Waals surface area (Å²) in [6, 6.07) is 8.93. The maximum absolute atomic E-state index is 12.6. The van der Waals surface area contributed by atoms with Gasteiger partial charge in [0.05, 0.1) is 24.8 Å². The molecule has 0 aliphatic heterocycles. The fraction of sp³-hybridized carbons (Fsp3) is 0.238. The third-order valence-corrected chi connectivity index (χ3v) is 5.21. The van der Waals surface area contributed by atoms with Crippen molar-refractivity contribution in [2.75, 3.05) is 24.7 Å². The van der Waals surface area contributed by atoms with Crippen LogP contribution in [0.25, 0.3) is 11.0 Å². The van der Waals surface area contributed by atoms with Crippen molar-refractivity contribution < 1.29 is 19.1 Å². The van der Waals surface area contributed by atoms with Gasteiger partial charge in [0, 0.05) is 29.9 Å². The number of imidazole rings is 1. The van der Waals surface area contributed by atoms with Crippen LogP contribution >= 0.6 is 22.9 Å². The number of nitriles is 1. The highest BCUT2D eigenvalue weighted by Gasteiger charge is 2.17. The molecule has 3 aromatic rings. The van der Waals surface area contributed by atoms with E-state index in [-0.39, 0.29) is 18.1 Å². The number of halogens is 1. The topological polar surface area (TPSA) is 96.9 Å². The van der Waals surface area contributed by atoms with E-state index in [1.807, 2.05) is 18.4 Å². The Bertz CT molecular complexity index is 1130. The molecule has 0 aliphatic rings. The summed E-state index contributed by atoms with van der Waals surface area (Å²) in [5.41, 5.74) is 1.13. The molecule has 1 aromatic carbocycles. The molecule has 0 saturated heterocycles. The number of amides is 1. The number of carbonyl (C=O) groups excluding carboxylic acids is 2. The number of hydrogen-bond donors (Lipinski definition) is 0. The van der Waals surface area contributed by atoms with Crippen molar-refractivity contribution in [1.82, 2.24) is 9.38 Å². The van der Waals surface area contributed by atoms with Gasteiger partial charge in [-0.05, 0) is 37.3 Å². The maximum atomic E-state index is 12.6. The summed E-state index contributed by atoms with van der Waals surface area (Å²) in [4.78, 5) is 31.0. The van der Waals surface area contributed by atoms with Gasteiger partial charge in [0.1, 0.15) is 5.75 Å². The smallest absolute Gasteiger partial charge is 0.331 e. The monoisotopic (exact) mass is 458 g/mol. The number of fused-ring (bicyclic) bond motifs is 1. The highest BCUT2D eigenvalue weighted by Crippen LogP contribution is 2.23. The molecule has 31 heavy (non-hydrogen) atoms. The first-order chi connectivity index (χ1) is 15.0. The number of ether oxygens (including phenoxy) is 2. The first-order valence-corrected chi connectivity index (χ1v) is 10.6. The van der Waals surface area contributed by atoms with E-state index in [0.717, 1.165) is 0 Å². The second-order valence-electron chi connectivity index (χ2n) is 6.16. The summed E-state index contributed by atoms with van der Waals surface area (Å²) in [6.45, 7) is 2.12. The van der Waals surface area contributed by atoms with Crippen molar-refractivity contribution in [2.45, 2.75) is 13.3 Å². The number of anilines is 1. The van der Waals surface area contributed by atoms with Gasteiger partial charge >= 0.3 is 5.97 Å².